The fraction of sp³-hybridized carbons (Fsp3) is 0. The Kier molecular flexibility index (Phi) is 7.18. The zero-order valence-corrected chi connectivity index (χ0v) is 33.1. The van der Waals surface area contributed by atoms with Gasteiger partial charge in [0.1, 0.15) is 0 Å². The summed E-state index contributed by atoms with van der Waals surface area (Å²) in [6.45, 7) is 0. The first-order valence-electron chi connectivity index (χ1n) is 20.4. The molecule has 0 saturated heterocycles. The molecule has 0 amide bonds. The number of thiophene rings is 1. The van der Waals surface area contributed by atoms with Crippen LogP contribution in [0.1, 0.15) is 0 Å². The molecule has 0 radical (unpaired) electrons. The van der Waals surface area contributed by atoms with E-state index in [1.54, 1.807) is 0 Å². The molecule has 0 unspecified atom stereocenters. The molecule has 278 valence electrons. The van der Waals surface area contributed by atoms with E-state index in [9.17, 15) is 0 Å². The summed E-state index contributed by atoms with van der Waals surface area (Å²) in [5, 5.41) is 13.4. The van der Waals surface area contributed by atoms with E-state index in [0.29, 0.717) is 5.95 Å². The van der Waals surface area contributed by atoms with Gasteiger partial charge in [-0.2, -0.15) is 0 Å². The molecule has 0 aliphatic carbocycles. The number of hydrogen-bond acceptors (Lipinski definition) is 3. The molecule has 0 saturated carbocycles. The maximum absolute atomic E-state index is 5.52. The van der Waals surface area contributed by atoms with Crippen LogP contribution in [0.4, 0.5) is 0 Å². The van der Waals surface area contributed by atoms with Crippen LogP contribution in [0, 0.1) is 0 Å². The molecule has 60 heavy (non-hydrogen) atoms. The quantitative estimate of drug-likeness (QED) is 0.167. The number of fused-ring (bicyclic) bond motifs is 11. The van der Waals surface area contributed by atoms with E-state index in [4.69, 9.17) is 9.97 Å². The van der Waals surface area contributed by atoms with E-state index in [1.807, 2.05) is 11.3 Å². The molecule has 4 heteroatoms. The highest BCUT2D eigenvalue weighted by Gasteiger charge is 2.20. The fourth-order valence-electron chi connectivity index (χ4n) is 9.46. The Morgan fingerprint density at radius 1 is 0.350 bits per heavy atom. The van der Waals surface area contributed by atoms with Crippen molar-refractivity contribution < 1.29 is 0 Å². The smallest absolute Gasteiger partial charge is 0.235 e. The van der Waals surface area contributed by atoms with Crippen LogP contribution in [0.3, 0.4) is 0 Å². The predicted octanol–water partition coefficient (Wildman–Crippen LogP) is 15.6. The molecule has 0 aliphatic rings. The molecule has 0 N–H and O–H groups in total. The van der Waals surface area contributed by atoms with Crippen molar-refractivity contribution in [2.75, 3.05) is 0 Å². The molecule has 3 nitrogen and oxygen atoms in total. The molecule has 0 bridgehead atoms. The minimum Gasteiger partial charge on any atom is -0.278 e. The molecule has 3 heterocycles. The minimum atomic E-state index is 0.654. The van der Waals surface area contributed by atoms with Crippen molar-refractivity contribution in [3.63, 3.8) is 0 Å². The van der Waals surface area contributed by atoms with Crippen LogP contribution in [0.2, 0.25) is 0 Å². The second kappa shape index (κ2) is 12.9. The zero-order valence-electron chi connectivity index (χ0n) is 32.3. The van der Waals surface area contributed by atoms with Crippen molar-refractivity contribution in [1.29, 1.82) is 0 Å². The third-order valence-corrected chi connectivity index (χ3v) is 13.6. The summed E-state index contributed by atoms with van der Waals surface area (Å²) in [7, 11) is 0. The van der Waals surface area contributed by atoms with E-state index < -0.39 is 0 Å². The Labute approximate surface area is 349 Å². The molecular formula is C56H33N3S. The lowest BCUT2D eigenvalue weighted by molar-refractivity contribution is 1.01. The molecule has 0 aliphatic heterocycles. The third-order valence-electron chi connectivity index (χ3n) is 12.4. The highest BCUT2D eigenvalue weighted by molar-refractivity contribution is 7.26. The van der Waals surface area contributed by atoms with Gasteiger partial charge in [0.15, 0.2) is 0 Å². The molecule has 0 spiro atoms. The Hall–Kier alpha value is -7.66. The lowest BCUT2D eigenvalue weighted by atomic mass is 9.96. The molecular weight excluding hydrogens is 747 g/mol. The van der Waals surface area contributed by atoms with Crippen molar-refractivity contribution in [3.05, 3.63) is 200 Å². The predicted molar refractivity (Wildman–Crippen MR) is 256 cm³/mol. The molecule has 3 aromatic heterocycles. The van der Waals surface area contributed by atoms with Crippen LogP contribution in [0.15, 0.2) is 200 Å². The topological polar surface area (TPSA) is 30.7 Å². The lowest BCUT2D eigenvalue weighted by Gasteiger charge is -2.13. The third kappa shape index (κ3) is 5.08. The number of benzene rings is 10. The monoisotopic (exact) mass is 779 g/mol. The van der Waals surface area contributed by atoms with Gasteiger partial charge in [-0.1, -0.05) is 152 Å². The van der Waals surface area contributed by atoms with Gasteiger partial charge in [-0.15, -0.1) is 11.3 Å². The van der Waals surface area contributed by atoms with Gasteiger partial charge >= 0.3 is 0 Å². The number of hydrogen-bond donors (Lipinski definition) is 0. The summed E-state index contributed by atoms with van der Waals surface area (Å²) in [6.07, 6.45) is 0. The van der Waals surface area contributed by atoms with Gasteiger partial charge in [0, 0.05) is 41.9 Å². The Morgan fingerprint density at radius 3 is 1.85 bits per heavy atom. The average Bonchev–Trinajstić information content (AvgIpc) is 3.85. The summed E-state index contributed by atoms with van der Waals surface area (Å²) in [6, 6.07) is 72.7. The van der Waals surface area contributed by atoms with Crippen LogP contribution >= 0.6 is 11.3 Å². The maximum Gasteiger partial charge on any atom is 0.235 e. The van der Waals surface area contributed by atoms with Crippen molar-refractivity contribution in [2.45, 2.75) is 0 Å². The summed E-state index contributed by atoms with van der Waals surface area (Å²) in [5.41, 5.74) is 9.78. The highest BCUT2D eigenvalue weighted by Crippen LogP contribution is 2.42. The van der Waals surface area contributed by atoms with Gasteiger partial charge in [0.25, 0.3) is 0 Å². The first-order chi connectivity index (χ1) is 29.7. The van der Waals surface area contributed by atoms with Crippen molar-refractivity contribution in [3.8, 4) is 39.5 Å². The van der Waals surface area contributed by atoms with Crippen molar-refractivity contribution >= 4 is 96.5 Å². The van der Waals surface area contributed by atoms with E-state index >= 15 is 0 Å². The minimum absolute atomic E-state index is 0.654. The first-order valence-corrected chi connectivity index (χ1v) is 21.2. The number of nitrogens with zero attached hydrogens (tertiary/aromatic N) is 3. The fourth-order valence-corrected chi connectivity index (χ4v) is 10.7. The van der Waals surface area contributed by atoms with Crippen LogP contribution in [0.5, 0.6) is 0 Å². The second-order valence-electron chi connectivity index (χ2n) is 15.8. The van der Waals surface area contributed by atoms with Gasteiger partial charge in [-0.25, -0.2) is 9.97 Å². The molecule has 13 aromatic rings. The normalized spacial score (nSPS) is 12.0. The lowest BCUT2D eigenvalue weighted by Crippen LogP contribution is -2.03. The second-order valence-corrected chi connectivity index (χ2v) is 16.8. The van der Waals surface area contributed by atoms with Gasteiger partial charge in [0.05, 0.1) is 22.2 Å². The van der Waals surface area contributed by atoms with E-state index in [2.05, 4.69) is 205 Å². The van der Waals surface area contributed by atoms with Gasteiger partial charge in [-0.05, 0) is 103 Å². The largest absolute Gasteiger partial charge is 0.278 e. The SMILES string of the molecule is c1ccc(-c2nc(-n3c4ccc(-c5ccc6ccc7ccccc7c6c5)cc4c4cc5ccccc5cc43)nc3ccc(-c4cccc5c4sc4ccccc45)cc23)cc1. The zero-order chi connectivity index (χ0) is 39.3. The van der Waals surface area contributed by atoms with Gasteiger partial charge < -0.3 is 0 Å². The maximum atomic E-state index is 5.52. The standard InChI is InChI=1S/C56H33N3S/c1-2-12-36(13-3-1)54-49-32-41(43-18-10-19-45-44-17-8-9-20-53(44)60-55(43)45)25-27-50(49)57-56(58-54)59-51-28-26-40(31-47(51)48-30-37-14-4-5-15-38(37)33-52(48)59)39-24-23-35-22-21-34-11-6-7-16-42(34)46(35)29-39/h1-33H. The Bertz CT molecular complexity index is 3900. The number of rotatable bonds is 4. The highest BCUT2D eigenvalue weighted by atomic mass is 32.1. The molecule has 0 atom stereocenters. The van der Waals surface area contributed by atoms with Crippen molar-refractivity contribution in [1.82, 2.24) is 14.5 Å². The summed E-state index contributed by atoms with van der Waals surface area (Å²) in [4.78, 5) is 10.9. The van der Waals surface area contributed by atoms with E-state index in [1.165, 1.54) is 80.0 Å². The van der Waals surface area contributed by atoms with E-state index in [0.717, 1.165) is 38.8 Å². The van der Waals surface area contributed by atoms with Gasteiger partial charge in [-0.3, -0.25) is 4.57 Å². The summed E-state index contributed by atoms with van der Waals surface area (Å²) >= 11 is 1.86. The Balaban J connectivity index is 1.04. The summed E-state index contributed by atoms with van der Waals surface area (Å²) < 4.78 is 4.87. The van der Waals surface area contributed by atoms with Crippen LogP contribution in [-0.2, 0) is 0 Å². The first kappa shape index (κ1) is 33.3. The molecule has 10 aromatic carbocycles. The Morgan fingerprint density at radius 2 is 0.983 bits per heavy atom. The van der Waals surface area contributed by atoms with Crippen LogP contribution in [-0.4, -0.2) is 14.5 Å². The average molecular weight is 780 g/mol. The molecule has 13 rings (SSSR count). The van der Waals surface area contributed by atoms with Crippen LogP contribution in [0.25, 0.3) is 125 Å². The summed E-state index contributed by atoms with van der Waals surface area (Å²) in [5.74, 6) is 0.654. The van der Waals surface area contributed by atoms with Gasteiger partial charge in [0.2, 0.25) is 5.95 Å². The number of aromatic nitrogens is 3. The molecule has 0 fully saturated rings. The van der Waals surface area contributed by atoms with Crippen LogP contribution < -0.4 is 0 Å². The van der Waals surface area contributed by atoms with Crippen molar-refractivity contribution in [2.24, 2.45) is 0 Å². The van der Waals surface area contributed by atoms with E-state index in [-0.39, 0.29) is 0 Å².